The van der Waals surface area contributed by atoms with Crippen LogP contribution in [0, 0.1) is 0 Å². The molecule has 1 nitrogen and oxygen atoms in total. The van der Waals surface area contributed by atoms with E-state index in [9.17, 15) is 0 Å². The molecule has 0 unspecified atom stereocenters. The fourth-order valence-corrected chi connectivity index (χ4v) is 3.77. The largest absolute Gasteiger partial charge is 0.324 e. The van der Waals surface area contributed by atoms with Gasteiger partial charge in [0.15, 0.2) is 0 Å². The van der Waals surface area contributed by atoms with Gasteiger partial charge < -0.3 is 4.48 Å². The molecule has 134 valence electrons. The Balaban J connectivity index is 4.39. The number of nitrogens with zero attached hydrogens (tertiary/aromatic N) is 1. The van der Waals surface area contributed by atoms with E-state index in [0.29, 0.717) is 0 Å². The van der Waals surface area contributed by atoms with Gasteiger partial charge in [0.25, 0.3) is 0 Å². The first-order valence-electron chi connectivity index (χ1n) is 10.6. The highest BCUT2D eigenvalue weighted by Crippen LogP contribution is 2.18. The zero-order valence-corrected chi connectivity index (χ0v) is 16.5. The van der Waals surface area contributed by atoms with E-state index in [1.165, 1.54) is 114 Å². The maximum absolute atomic E-state index is 2.39. The van der Waals surface area contributed by atoms with Crippen LogP contribution in [0.1, 0.15) is 111 Å². The minimum atomic E-state index is 1.36. The van der Waals surface area contributed by atoms with Crippen LogP contribution in [0.2, 0.25) is 0 Å². The average molecular weight is 313 g/mol. The first kappa shape index (κ1) is 22.0. The van der Waals surface area contributed by atoms with Crippen molar-refractivity contribution in [3.05, 3.63) is 0 Å². The lowest BCUT2D eigenvalue weighted by molar-refractivity contribution is -0.929. The maximum Gasteiger partial charge on any atom is 0.0786 e. The monoisotopic (exact) mass is 312 g/mol. The third-order valence-electron chi connectivity index (χ3n) is 5.16. The Labute approximate surface area is 142 Å². The third kappa shape index (κ3) is 11.5. The summed E-state index contributed by atoms with van der Waals surface area (Å²) in [4.78, 5) is 0. The van der Waals surface area contributed by atoms with Crippen LogP contribution in [-0.4, -0.2) is 30.7 Å². The van der Waals surface area contributed by atoms with Crippen LogP contribution in [0.4, 0.5) is 0 Å². The second kappa shape index (κ2) is 15.8. The van der Waals surface area contributed by atoms with Crippen LogP contribution in [0.5, 0.6) is 0 Å². The van der Waals surface area contributed by atoms with Gasteiger partial charge in [0, 0.05) is 0 Å². The van der Waals surface area contributed by atoms with Gasteiger partial charge >= 0.3 is 0 Å². The second-order valence-corrected chi connectivity index (χ2v) is 7.42. The Hall–Kier alpha value is -0.0400. The van der Waals surface area contributed by atoms with Crippen LogP contribution in [0.3, 0.4) is 0 Å². The lowest BCUT2D eigenvalue weighted by Gasteiger charge is -2.39. The van der Waals surface area contributed by atoms with Gasteiger partial charge in [-0.3, -0.25) is 0 Å². The molecule has 0 aliphatic heterocycles. The van der Waals surface area contributed by atoms with Gasteiger partial charge in [-0.15, -0.1) is 0 Å². The number of unbranched alkanes of at least 4 members (excludes halogenated alkanes) is 9. The van der Waals surface area contributed by atoms with Crippen molar-refractivity contribution >= 4 is 0 Å². The molecular weight excluding hydrogens is 266 g/mol. The molecule has 0 radical (unpaired) electrons. The van der Waals surface area contributed by atoms with Crippen molar-refractivity contribution in [2.45, 2.75) is 111 Å². The van der Waals surface area contributed by atoms with E-state index in [1.807, 2.05) is 0 Å². The molecular formula is C21H46N+. The van der Waals surface area contributed by atoms with E-state index < -0.39 is 0 Å². The van der Waals surface area contributed by atoms with E-state index in [-0.39, 0.29) is 0 Å². The summed E-state index contributed by atoms with van der Waals surface area (Å²) in [6, 6.07) is 0. The molecule has 0 spiro atoms. The molecule has 0 amide bonds. The summed E-state index contributed by atoms with van der Waals surface area (Å²) in [5.41, 5.74) is 0. The van der Waals surface area contributed by atoms with Crippen LogP contribution in [-0.2, 0) is 0 Å². The zero-order chi connectivity index (χ0) is 16.5. The molecule has 0 saturated heterocycles. The molecule has 0 saturated carbocycles. The molecule has 0 bridgehead atoms. The molecule has 0 aromatic carbocycles. The lowest BCUT2D eigenvalue weighted by Crippen LogP contribution is -2.50. The maximum atomic E-state index is 2.39. The fraction of sp³-hybridized carbons (Fsp3) is 1.00. The Morgan fingerprint density at radius 3 is 1.00 bits per heavy atom. The number of hydrogen-bond donors (Lipinski definition) is 0. The molecule has 0 aliphatic rings. The van der Waals surface area contributed by atoms with Crippen molar-refractivity contribution in [1.82, 2.24) is 0 Å². The molecule has 0 N–H and O–H groups in total. The predicted octanol–water partition coefficient (Wildman–Crippen LogP) is 6.95. The number of rotatable bonds is 17. The van der Waals surface area contributed by atoms with Crippen molar-refractivity contribution in [1.29, 1.82) is 0 Å². The molecule has 0 aromatic heterocycles. The lowest BCUT2D eigenvalue weighted by atomic mass is 10.1. The zero-order valence-electron chi connectivity index (χ0n) is 16.5. The van der Waals surface area contributed by atoms with Gasteiger partial charge in [0.2, 0.25) is 0 Å². The van der Waals surface area contributed by atoms with Crippen molar-refractivity contribution in [2.24, 2.45) is 0 Å². The summed E-state index contributed by atoms with van der Waals surface area (Å²) < 4.78 is 1.44. The van der Waals surface area contributed by atoms with E-state index in [4.69, 9.17) is 0 Å². The van der Waals surface area contributed by atoms with Gasteiger partial charge in [0.1, 0.15) is 0 Å². The summed E-state index contributed by atoms with van der Waals surface area (Å²) in [5, 5.41) is 0. The summed E-state index contributed by atoms with van der Waals surface area (Å²) in [6.45, 7) is 15.1. The second-order valence-electron chi connectivity index (χ2n) is 7.42. The molecule has 0 heterocycles. The van der Waals surface area contributed by atoms with Crippen LogP contribution < -0.4 is 0 Å². The van der Waals surface area contributed by atoms with Crippen molar-refractivity contribution in [3.8, 4) is 0 Å². The number of quaternary nitrogens is 1. The summed E-state index contributed by atoms with van der Waals surface area (Å²) in [5.74, 6) is 0. The van der Waals surface area contributed by atoms with Crippen molar-refractivity contribution in [2.75, 3.05) is 26.2 Å². The summed E-state index contributed by atoms with van der Waals surface area (Å²) in [6.07, 6.45) is 18.4. The molecule has 1 heteroatoms. The first-order chi connectivity index (χ1) is 10.7. The summed E-state index contributed by atoms with van der Waals surface area (Å²) in [7, 11) is 0. The molecule has 0 aliphatic carbocycles. The molecule has 0 rings (SSSR count). The van der Waals surface area contributed by atoms with E-state index in [1.54, 1.807) is 0 Å². The van der Waals surface area contributed by atoms with E-state index in [0.717, 1.165) is 0 Å². The van der Waals surface area contributed by atoms with Gasteiger partial charge in [-0.25, -0.2) is 0 Å². The van der Waals surface area contributed by atoms with E-state index in [2.05, 4.69) is 27.7 Å². The predicted molar refractivity (Wildman–Crippen MR) is 102 cm³/mol. The SMILES string of the molecule is CCCCCC[N+](CCC)(CCCCCC)CCCCCC. The van der Waals surface area contributed by atoms with E-state index >= 15 is 0 Å². The quantitative estimate of drug-likeness (QED) is 0.201. The molecule has 0 fully saturated rings. The van der Waals surface area contributed by atoms with Crippen LogP contribution in [0.15, 0.2) is 0 Å². The van der Waals surface area contributed by atoms with Crippen molar-refractivity contribution < 1.29 is 4.48 Å². The highest BCUT2D eigenvalue weighted by atomic mass is 15.3. The van der Waals surface area contributed by atoms with Gasteiger partial charge in [-0.2, -0.15) is 0 Å². The standard InChI is InChI=1S/C21H46N/c1-5-9-12-15-19-22(18-8-4,20-16-13-10-6-2)21-17-14-11-7-3/h5-21H2,1-4H3/q+1. The summed E-state index contributed by atoms with van der Waals surface area (Å²) >= 11 is 0. The van der Waals surface area contributed by atoms with Gasteiger partial charge in [-0.1, -0.05) is 66.2 Å². The Kier molecular flexibility index (Phi) is 15.8. The van der Waals surface area contributed by atoms with Crippen LogP contribution >= 0.6 is 0 Å². The normalized spacial score (nSPS) is 12.0. The molecule has 0 atom stereocenters. The Morgan fingerprint density at radius 2 is 0.727 bits per heavy atom. The highest BCUT2D eigenvalue weighted by molar-refractivity contribution is 4.51. The third-order valence-corrected chi connectivity index (χ3v) is 5.16. The average Bonchev–Trinajstić information content (AvgIpc) is 2.53. The van der Waals surface area contributed by atoms with Gasteiger partial charge in [0.05, 0.1) is 26.2 Å². The highest BCUT2D eigenvalue weighted by Gasteiger charge is 2.24. The topological polar surface area (TPSA) is 0 Å². The van der Waals surface area contributed by atoms with Gasteiger partial charge in [-0.05, 0) is 44.9 Å². The minimum absolute atomic E-state index is 1.36. The van der Waals surface area contributed by atoms with Crippen LogP contribution in [0.25, 0.3) is 0 Å². The Bertz CT molecular complexity index is 181. The number of hydrogen-bond acceptors (Lipinski definition) is 0. The minimum Gasteiger partial charge on any atom is -0.324 e. The molecule has 0 aromatic rings. The molecule has 22 heavy (non-hydrogen) atoms. The Morgan fingerprint density at radius 1 is 0.364 bits per heavy atom. The first-order valence-corrected chi connectivity index (χ1v) is 10.6. The smallest absolute Gasteiger partial charge is 0.0786 e. The van der Waals surface area contributed by atoms with Crippen molar-refractivity contribution in [3.63, 3.8) is 0 Å². The fourth-order valence-electron chi connectivity index (χ4n) is 3.77.